The molecule has 0 fully saturated rings. The van der Waals surface area contributed by atoms with Crippen LogP contribution in [-0.4, -0.2) is 18.3 Å². The molecule has 0 saturated heterocycles. The molecule has 1 aliphatic rings. The fourth-order valence-corrected chi connectivity index (χ4v) is 1.53. The minimum Gasteiger partial charge on any atom is -0.494 e. The lowest BCUT2D eigenvalue weighted by Gasteiger charge is -2.16. The standard InChI is InChI=1S/C11H11NO3/c1-2-15-8-4-3-7-5-10(13)11(14)12-9(7)6-8/h3-4,6H,2,5H2,1H3,(H,12,14). The van der Waals surface area contributed by atoms with Crippen LogP contribution in [0.15, 0.2) is 18.2 Å². The maximum atomic E-state index is 11.1. The Morgan fingerprint density at radius 2 is 2.20 bits per heavy atom. The normalized spacial score (nSPS) is 14.5. The van der Waals surface area contributed by atoms with Crippen molar-refractivity contribution in [1.29, 1.82) is 0 Å². The highest BCUT2D eigenvalue weighted by molar-refractivity contribution is 6.42. The van der Waals surface area contributed by atoms with Gasteiger partial charge >= 0.3 is 0 Å². The Morgan fingerprint density at radius 3 is 2.93 bits per heavy atom. The second-order valence-electron chi connectivity index (χ2n) is 3.31. The summed E-state index contributed by atoms with van der Waals surface area (Å²) in [6, 6.07) is 5.34. The van der Waals surface area contributed by atoms with E-state index >= 15 is 0 Å². The third-order valence-electron chi connectivity index (χ3n) is 2.24. The Balaban J connectivity index is 2.33. The molecule has 1 aromatic rings. The summed E-state index contributed by atoms with van der Waals surface area (Å²) in [5.41, 5.74) is 1.51. The maximum Gasteiger partial charge on any atom is 0.292 e. The topological polar surface area (TPSA) is 55.4 Å². The van der Waals surface area contributed by atoms with E-state index in [-0.39, 0.29) is 6.42 Å². The van der Waals surface area contributed by atoms with Gasteiger partial charge in [0.15, 0.2) is 0 Å². The zero-order valence-corrected chi connectivity index (χ0v) is 8.37. The maximum absolute atomic E-state index is 11.1. The highest BCUT2D eigenvalue weighted by Gasteiger charge is 2.23. The molecule has 0 atom stereocenters. The number of Topliss-reactive ketones (excluding diaryl/α,β-unsaturated/α-hetero) is 1. The van der Waals surface area contributed by atoms with Crippen molar-refractivity contribution in [3.8, 4) is 5.75 Å². The van der Waals surface area contributed by atoms with Gasteiger partial charge in [-0.3, -0.25) is 9.59 Å². The van der Waals surface area contributed by atoms with Crippen LogP contribution < -0.4 is 10.1 Å². The number of ketones is 1. The fraction of sp³-hybridized carbons (Fsp3) is 0.273. The third kappa shape index (κ3) is 1.83. The van der Waals surface area contributed by atoms with Gasteiger partial charge in [0, 0.05) is 18.2 Å². The number of benzene rings is 1. The van der Waals surface area contributed by atoms with E-state index in [9.17, 15) is 9.59 Å². The molecule has 1 aromatic carbocycles. The Kier molecular flexibility index (Phi) is 2.41. The summed E-state index contributed by atoms with van der Waals surface area (Å²) < 4.78 is 5.30. The van der Waals surface area contributed by atoms with Gasteiger partial charge in [0.25, 0.3) is 5.91 Å². The zero-order chi connectivity index (χ0) is 10.8. The lowest BCUT2D eigenvalue weighted by molar-refractivity contribution is -0.134. The molecule has 0 saturated carbocycles. The number of carbonyl (C=O) groups excluding carboxylic acids is 2. The molecular formula is C11H11NO3. The minimum absolute atomic E-state index is 0.174. The van der Waals surface area contributed by atoms with Crippen LogP contribution in [0, 0.1) is 0 Å². The van der Waals surface area contributed by atoms with E-state index in [1.165, 1.54) is 0 Å². The average molecular weight is 205 g/mol. The third-order valence-corrected chi connectivity index (χ3v) is 2.24. The first-order chi connectivity index (χ1) is 7.20. The van der Waals surface area contributed by atoms with Crippen LogP contribution in [-0.2, 0) is 16.0 Å². The van der Waals surface area contributed by atoms with Gasteiger partial charge < -0.3 is 10.1 Å². The number of hydrogen-bond acceptors (Lipinski definition) is 3. The number of rotatable bonds is 2. The molecule has 1 amide bonds. The molecule has 1 heterocycles. The molecule has 1 N–H and O–H groups in total. The molecular weight excluding hydrogens is 194 g/mol. The highest BCUT2D eigenvalue weighted by atomic mass is 16.5. The van der Waals surface area contributed by atoms with Gasteiger partial charge in [0.05, 0.1) is 6.61 Å². The van der Waals surface area contributed by atoms with Crippen LogP contribution in [0.4, 0.5) is 5.69 Å². The van der Waals surface area contributed by atoms with E-state index in [1.807, 2.05) is 6.92 Å². The first kappa shape index (κ1) is 9.71. The molecule has 0 aromatic heterocycles. The molecule has 2 rings (SSSR count). The van der Waals surface area contributed by atoms with Crippen molar-refractivity contribution in [3.05, 3.63) is 23.8 Å². The Bertz CT molecular complexity index is 426. The van der Waals surface area contributed by atoms with Crippen molar-refractivity contribution < 1.29 is 14.3 Å². The van der Waals surface area contributed by atoms with Crippen molar-refractivity contribution in [3.63, 3.8) is 0 Å². The SMILES string of the molecule is CCOc1ccc2c(c1)NC(=O)C(=O)C2. The molecule has 4 nitrogen and oxygen atoms in total. The van der Waals surface area contributed by atoms with E-state index in [1.54, 1.807) is 18.2 Å². The summed E-state index contributed by atoms with van der Waals surface area (Å²) in [4.78, 5) is 22.2. The summed E-state index contributed by atoms with van der Waals surface area (Å²) in [5.74, 6) is -0.242. The molecule has 0 aliphatic carbocycles. The smallest absolute Gasteiger partial charge is 0.292 e. The summed E-state index contributed by atoms with van der Waals surface area (Å²) in [6.45, 7) is 2.47. The molecule has 0 unspecified atom stereocenters. The molecule has 78 valence electrons. The lowest BCUT2D eigenvalue weighted by atomic mass is 10.0. The van der Waals surface area contributed by atoms with Crippen LogP contribution in [0.2, 0.25) is 0 Å². The van der Waals surface area contributed by atoms with Crippen molar-refractivity contribution in [2.45, 2.75) is 13.3 Å². The van der Waals surface area contributed by atoms with Crippen LogP contribution >= 0.6 is 0 Å². The second-order valence-corrected chi connectivity index (χ2v) is 3.31. The number of anilines is 1. The van der Waals surface area contributed by atoms with Crippen molar-refractivity contribution in [2.24, 2.45) is 0 Å². The van der Waals surface area contributed by atoms with Crippen molar-refractivity contribution in [2.75, 3.05) is 11.9 Å². The number of nitrogens with one attached hydrogen (secondary N) is 1. The molecule has 15 heavy (non-hydrogen) atoms. The number of carbonyl (C=O) groups is 2. The predicted octanol–water partition coefficient (Wildman–Crippen LogP) is 1.15. The van der Waals surface area contributed by atoms with Crippen LogP contribution in [0.5, 0.6) is 5.75 Å². The molecule has 4 heteroatoms. The van der Waals surface area contributed by atoms with Gasteiger partial charge in [0.1, 0.15) is 5.75 Å². The predicted molar refractivity (Wildman–Crippen MR) is 55.0 cm³/mol. The number of ether oxygens (including phenoxy) is 1. The summed E-state index contributed by atoms with van der Waals surface area (Å²) >= 11 is 0. The van der Waals surface area contributed by atoms with E-state index in [0.29, 0.717) is 18.0 Å². The van der Waals surface area contributed by atoms with Gasteiger partial charge in [-0.05, 0) is 18.6 Å². The van der Waals surface area contributed by atoms with E-state index < -0.39 is 11.7 Å². The number of hydrogen-bond donors (Lipinski definition) is 1. The lowest BCUT2D eigenvalue weighted by Crippen LogP contribution is -2.29. The fourth-order valence-electron chi connectivity index (χ4n) is 1.53. The number of amides is 1. The molecule has 0 radical (unpaired) electrons. The van der Waals surface area contributed by atoms with Gasteiger partial charge in [-0.1, -0.05) is 6.07 Å². The second kappa shape index (κ2) is 3.73. The van der Waals surface area contributed by atoms with Crippen LogP contribution in [0.1, 0.15) is 12.5 Å². The van der Waals surface area contributed by atoms with Gasteiger partial charge in [-0.2, -0.15) is 0 Å². The summed E-state index contributed by atoms with van der Waals surface area (Å²) in [5, 5.41) is 2.54. The quantitative estimate of drug-likeness (QED) is 0.737. The Labute approximate surface area is 87.2 Å². The monoisotopic (exact) mass is 205 g/mol. The van der Waals surface area contributed by atoms with Gasteiger partial charge in [0.2, 0.25) is 5.78 Å². The van der Waals surface area contributed by atoms with Crippen molar-refractivity contribution in [1.82, 2.24) is 0 Å². The van der Waals surface area contributed by atoms with E-state index in [4.69, 9.17) is 4.74 Å². The molecule has 1 aliphatic heterocycles. The highest BCUT2D eigenvalue weighted by Crippen LogP contribution is 2.25. The van der Waals surface area contributed by atoms with Crippen LogP contribution in [0.3, 0.4) is 0 Å². The first-order valence-corrected chi connectivity index (χ1v) is 4.80. The van der Waals surface area contributed by atoms with E-state index in [0.717, 1.165) is 5.56 Å². The largest absolute Gasteiger partial charge is 0.494 e. The molecule has 0 bridgehead atoms. The van der Waals surface area contributed by atoms with Crippen molar-refractivity contribution >= 4 is 17.4 Å². The Morgan fingerprint density at radius 1 is 1.40 bits per heavy atom. The molecule has 0 spiro atoms. The van der Waals surface area contributed by atoms with Crippen LogP contribution in [0.25, 0.3) is 0 Å². The van der Waals surface area contributed by atoms with Gasteiger partial charge in [-0.25, -0.2) is 0 Å². The van der Waals surface area contributed by atoms with E-state index in [2.05, 4.69) is 5.32 Å². The van der Waals surface area contributed by atoms with Gasteiger partial charge in [-0.15, -0.1) is 0 Å². The zero-order valence-electron chi connectivity index (χ0n) is 8.37. The number of fused-ring (bicyclic) bond motifs is 1. The first-order valence-electron chi connectivity index (χ1n) is 4.80. The summed E-state index contributed by atoms with van der Waals surface area (Å²) in [6.07, 6.45) is 0.174. The summed E-state index contributed by atoms with van der Waals surface area (Å²) in [7, 11) is 0. The minimum atomic E-state index is -0.545. The average Bonchev–Trinajstić information content (AvgIpc) is 2.21. The Hall–Kier alpha value is -1.84.